The normalized spacial score (nSPS) is 11.4. The molecule has 130 valence electrons. The maximum Gasteiger partial charge on any atom is 0.341 e. The van der Waals surface area contributed by atoms with Crippen LogP contribution in [0.3, 0.4) is 0 Å². The summed E-state index contributed by atoms with van der Waals surface area (Å²) in [6, 6.07) is 3.72. The molecule has 8 heteroatoms. The Labute approximate surface area is 140 Å². The molecule has 2 rings (SSSR count). The number of nitrogens with one attached hydrogen (secondary N) is 2. The lowest BCUT2D eigenvalue weighted by atomic mass is 10.2. The van der Waals surface area contributed by atoms with Crippen LogP contribution in [0.15, 0.2) is 23.1 Å². The van der Waals surface area contributed by atoms with Crippen molar-refractivity contribution in [3.8, 4) is 0 Å². The number of H-pyrrole nitrogens is 1. The lowest BCUT2D eigenvalue weighted by molar-refractivity contribution is 0.0521. The molecule has 2 aromatic rings. The van der Waals surface area contributed by atoms with Gasteiger partial charge in [-0.3, -0.25) is 4.72 Å². The summed E-state index contributed by atoms with van der Waals surface area (Å²) in [5.41, 5.74) is 1.37. The second kappa shape index (κ2) is 6.64. The number of aromatic amines is 1. The highest BCUT2D eigenvalue weighted by Crippen LogP contribution is 2.27. The molecule has 0 bridgehead atoms. The van der Waals surface area contributed by atoms with Crippen molar-refractivity contribution in [2.75, 3.05) is 11.3 Å². The minimum atomic E-state index is -4.06. The molecular formula is C16H19FN2O4S. The number of aromatic nitrogens is 1. The summed E-state index contributed by atoms with van der Waals surface area (Å²) in [7, 11) is -4.06. The molecule has 0 spiro atoms. The highest BCUT2D eigenvalue weighted by molar-refractivity contribution is 7.92. The van der Waals surface area contributed by atoms with Crippen molar-refractivity contribution in [3.05, 3.63) is 46.5 Å². The molecule has 0 fully saturated rings. The van der Waals surface area contributed by atoms with Crippen molar-refractivity contribution in [1.29, 1.82) is 0 Å². The Kier molecular flexibility index (Phi) is 4.98. The van der Waals surface area contributed by atoms with E-state index in [4.69, 9.17) is 4.74 Å². The van der Waals surface area contributed by atoms with Gasteiger partial charge in [-0.15, -0.1) is 0 Å². The first-order chi connectivity index (χ1) is 11.2. The van der Waals surface area contributed by atoms with Gasteiger partial charge >= 0.3 is 5.97 Å². The molecule has 6 nitrogen and oxygen atoms in total. The van der Waals surface area contributed by atoms with Gasteiger partial charge in [0.05, 0.1) is 12.3 Å². The van der Waals surface area contributed by atoms with E-state index in [1.165, 1.54) is 12.1 Å². The summed E-state index contributed by atoms with van der Waals surface area (Å²) in [4.78, 5) is 14.8. The summed E-state index contributed by atoms with van der Waals surface area (Å²) in [5.74, 6) is -1.17. The first-order valence-electron chi connectivity index (χ1n) is 7.32. The minimum absolute atomic E-state index is 0.0263. The zero-order chi connectivity index (χ0) is 18.1. The molecule has 0 saturated heterocycles. The van der Waals surface area contributed by atoms with E-state index in [-0.39, 0.29) is 22.8 Å². The highest BCUT2D eigenvalue weighted by Gasteiger charge is 2.30. The van der Waals surface area contributed by atoms with Crippen LogP contribution in [-0.2, 0) is 14.8 Å². The topological polar surface area (TPSA) is 88.3 Å². The Morgan fingerprint density at radius 2 is 1.92 bits per heavy atom. The third kappa shape index (κ3) is 3.43. The largest absolute Gasteiger partial charge is 0.462 e. The number of hydrogen-bond acceptors (Lipinski definition) is 4. The van der Waals surface area contributed by atoms with Crippen molar-refractivity contribution < 1.29 is 22.3 Å². The van der Waals surface area contributed by atoms with E-state index in [0.717, 1.165) is 6.07 Å². The van der Waals surface area contributed by atoms with Crippen LogP contribution in [0.5, 0.6) is 0 Å². The summed E-state index contributed by atoms with van der Waals surface area (Å²) >= 11 is 0. The predicted molar refractivity (Wildman–Crippen MR) is 88.2 cm³/mol. The number of aryl methyl sites for hydroxylation is 3. The van der Waals surface area contributed by atoms with Gasteiger partial charge in [0, 0.05) is 11.4 Å². The summed E-state index contributed by atoms with van der Waals surface area (Å²) < 4.78 is 46.1. The summed E-state index contributed by atoms with van der Waals surface area (Å²) in [5, 5.41) is 0. The van der Waals surface area contributed by atoms with Gasteiger partial charge in [-0.2, -0.15) is 0 Å². The van der Waals surface area contributed by atoms with Crippen LogP contribution in [0.1, 0.15) is 34.2 Å². The fourth-order valence-electron chi connectivity index (χ4n) is 2.48. The fraction of sp³-hybridized carbons (Fsp3) is 0.312. The molecule has 1 aromatic heterocycles. The molecule has 0 atom stereocenters. The molecule has 2 N–H and O–H groups in total. The lowest BCUT2D eigenvalue weighted by Crippen LogP contribution is -2.18. The predicted octanol–water partition coefficient (Wildman–Crippen LogP) is 3.06. The number of hydrogen-bond donors (Lipinski definition) is 2. The number of carbonyl (C=O) groups excluding carboxylic acids is 1. The van der Waals surface area contributed by atoms with E-state index in [0.29, 0.717) is 17.0 Å². The molecule has 0 radical (unpaired) electrons. The van der Waals surface area contributed by atoms with Gasteiger partial charge in [-0.25, -0.2) is 17.6 Å². The standard InChI is InChI=1S/C16H19FN2O4S/c1-5-23-16(20)14-10(3)18-11(4)15(14)24(21,22)19-13-7-6-12(17)8-9(13)2/h6-8,18-19H,5H2,1-4H3. The zero-order valence-corrected chi connectivity index (χ0v) is 14.7. The number of anilines is 1. The number of sulfonamides is 1. The maximum absolute atomic E-state index is 13.2. The van der Waals surface area contributed by atoms with Crippen LogP contribution in [0.2, 0.25) is 0 Å². The van der Waals surface area contributed by atoms with Crippen LogP contribution in [0.4, 0.5) is 10.1 Å². The maximum atomic E-state index is 13.2. The van der Waals surface area contributed by atoms with Crippen molar-refractivity contribution >= 4 is 21.7 Å². The highest BCUT2D eigenvalue weighted by atomic mass is 32.2. The van der Waals surface area contributed by atoms with E-state index in [1.54, 1.807) is 27.7 Å². The second-order valence-electron chi connectivity index (χ2n) is 5.36. The molecule has 1 heterocycles. The minimum Gasteiger partial charge on any atom is -0.462 e. The zero-order valence-electron chi connectivity index (χ0n) is 13.9. The van der Waals surface area contributed by atoms with Crippen molar-refractivity contribution in [2.45, 2.75) is 32.6 Å². The van der Waals surface area contributed by atoms with Gasteiger partial charge in [-0.05, 0) is 51.5 Å². The molecule has 0 unspecified atom stereocenters. The summed E-state index contributed by atoms with van der Waals surface area (Å²) in [6.07, 6.45) is 0. The number of halogens is 1. The SMILES string of the molecule is CCOC(=O)c1c(C)[nH]c(C)c1S(=O)(=O)Nc1ccc(F)cc1C. The van der Waals surface area contributed by atoms with E-state index < -0.39 is 21.8 Å². The average Bonchev–Trinajstić information content (AvgIpc) is 2.77. The Morgan fingerprint density at radius 1 is 1.25 bits per heavy atom. The molecule has 0 aliphatic carbocycles. The second-order valence-corrected chi connectivity index (χ2v) is 6.98. The van der Waals surface area contributed by atoms with Crippen LogP contribution in [0, 0.1) is 26.6 Å². The van der Waals surface area contributed by atoms with E-state index in [1.807, 2.05) is 0 Å². The third-order valence-corrected chi connectivity index (χ3v) is 5.04. The van der Waals surface area contributed by atoms with Crippen molar-refractivity contribution in [3.63, 3.8) is 0 Å². The smallest absolute Gasteiger partial charge is 0.341 e. The van der Waals surface area contributed by atoms with Gasteiger partial charge in [0.1, 0.15) is 16.3 Å². The fourth-order valence-corrected chi connectivity index (χ4v) is 4.06. The Hall–Kier alpha value is -2.35. The van der Waals surface area contributed by atoms with Crippen LogP contribution in [-0.4, -0.2) is 26.0 Å². The van der Waals surface area contributed by atoms with Gasteiger partial charge in [0.15, 0.2) is 0 Å². The number of ether oxygens (including phenoxy) is 1. The molecule has 0 saturated carbocycles. The Bertz CT molecular complexity index is 888. The number of benzene rings is 1. The first kappa shape index (κ1) is 18.0. The van der Waals surface area contributed by atoms with Crippen molar-refractivity contribution in [1.82, 2.24) is 4.98 Å². The number of rotatable bonds is 5. The third-order valence-electron chi connectivity index (χ3n) is 3.50. The van der Waals surface area contributed by atoms with E-state index in [2.05, 4.69) is 9.71 Å². The van der Waals surface area contributed by atoms with Crippen LogP contribution >= 0.6 is 0 Å². The first-order valence-corrected chi connectivity index (χ1v) is 8.81. The number of esters is 1. The molecule has 24 heavy (non-hydrogen) atoms. The van der Waals surface area contributed by atoms with Crippen LogP contribution < -0.4 is 4.72 Å². The quantitative estimate of drug-likeness (QED) is 0.808. The lowest BCUT2D eigenvalue weighted by Gasteiger charge is -2.12. The van der Waals surface area contributed by atoms with Gasteiger partial charge in [0.2, 0.25) is 0 Å². The average molecular weight is 354 g/mol. The van der Waals surface area contributed by atoms with Gasteiger partial charge < -0.3 is 9.72 Å². The van der Waals surface area contributed by atoms with Gasteiger partial charge in [-0.1, -0.05) is 0 Å². The molecule has 0 amide bonds. The molecule has 0 aliphatic heterocycles. The molecular weight excluding hydrogens is 335 g/mol. The molecule has 0 aliphatic rings. The molecule has 1 aromatic carbocycles. The van der Waals surface area contributed by atoms with E-state index >= 15 is 0 Å². The summed E-state index contributed by atoms with van der Waals surface area (Å²) in [6.45, 7) is 6.51. The Morgan fingerprint density at radius 3 is 2.50 bits per heavy atom. The number of carbonyl (C=O) groups is 1. The van der Waals surface area contributed by atoms with Crippen molar-refractivity contribution in [2.24, 2.45) is 0 Å². The van der Waals surface area contributed by atoms with E-state index in [9.17, 15) is 17.6 Å². The van der Waals surface area contributed by atoms with Gasteiger partial charge in [0.25, 0.3) is 10.0 Å². The Balaban J connectivity index is 2.51. The van der Waals surface area contributed by atoms with Crippen LogP contribution in [0.25, 0.3) is 0 Å². The monoisotopic (exact) mass is 354 g/mol.